The maximum atomic E-state index is 10.9. The van der Waals surface area contributed by atoms with Crippen LogP contribution >= 0.6 is 57.5 Å². The molecule has 7 aromatic rings. The van der Waals surface area contributed by atoms with Crippen LogP contribution in [-0.4, -0.2) is 35.2 Å². The zero-order valence-corrected chi connectivity index (χ0v) is 24.6. The number of nitro benzene ring substituents is 1. The third kappa shape index (κ3) is 6.03. The van der Waals surface area contributed by atoms with Crippen molar-refractivity contribution >= 4 is 89.4 Å². The van der Waals surface area contributed by atoms with Gasteiger partial charge < -0.3 is 14.4 Å². The predicted molar refractivity (Wildman–Crippen MR) is 161 cm³/mol. The number of fused-ring (bicyclic) bond motifs is 2. The minimum atomic E-state index is -0.424. The molecule has 0 unspecified atom stereocenters. The number of nitrogens with one attached hydrogen (secondary N) is 1. The normalized spacial score (nSPS) is 11.0. The second kappa shape index (κ2) is 12.0. The van der Waals surface area contributed by atoms with Gasteiger partial charge in [-0.2, -0.15) is 0 Å². The first-order chi connectivity index (χ1) is 20.3. The second-order valence-corrected chi connectivity index (χ2v) is 12.0. The minimum Gasteiger partial charge on any atom is -0.365 e. The van der Waals surface area contributed by atoms with E-state index < -0.39 is 4.92 Å². The number of hydrogen-bond acceptors (Lipinski definition) is 13. The fourth-order valence-corrected chi connectivity index (χ4v) is 6.19. The smallest absolute Gasteiger partial charge is 0.269 e. The van der Waals surface area contributed by atoms with Crippen LogP contribution in [-0.2, 0) is 6.54 Å². The SMILES string of the molecule is Clc1cc2c(Cl)nc(-c3ccno3)nc2s1.O=[N+]([O-])c1cccc(CNc2nc(-c3ccno3)nc3sc(Cl)cc23)c1. The zero-order chi connectivity index (χ0) is 29.2. The maximum Gasteiger partial charge on any atom is 0.269 e. The summed E-state index contributed by atoms with van der Waals surface area (Å²) in [6, 6.07) is 13.3. The standard InChI is InChI=1S/C16H10ClN5O3S.C9H3Cl2N3OS/c17-13-7-11-14(18-8-9-2-1-3-10(6-9)22(23)24)20-15(21-16(11)26-13)12-4-5-19-25-12;10-6-3-4-7(11)13-8(14-9(4)16-6)5-1-2-12-15-5/h1-7H,8H2,(H,18,20,21);1-3H. The van der Waals surface area contributed by atoms with E-state index in [1.54, 1.807) is 36.4 Å². The first-order valence-corrected chi connectivity index (χ1v) is 14.5. The van der Waals surface area contributed by atoms with Crippen molar-refractivity contribution in [3.8, 4) is 23.2 Å². The molecule has 42 heavy (non-hydrogen) atoms. The fraction of sp³-hybridized carbons (Fsp3) is 0.0400. The highest BCUT2D eigenvalue weighted by Crippen LogP contribution is 2.35. The number of nitro groups is 1. The fourth-order valence-electron chi connectivity index (χ4n) is 3.73. The van der Waals surface area contributed by atoms with Gasteiger partial charge in [0.05, 0.1) is 36.8 Å². The summed E-state index contributed by atoms with van der Waals surface area (Å²) in [6.07, 6.45) is 3.04. The molecule has 0 aliphatic carbocycles. The molecule has 17 heteroatoms. The molecule has 0 aliphatic heterocycles. The van der Waals surface area contributed by atoms with Gasteiger partial charge in [0, 0.05) is 30.8 Å². The summed E-state index contributed by atoms with van der Waals surface area (Å²) in [5.41, 5.74) is 0.798. The van der Waals surface area contributed by atoms with Crippen LogP contribution in [0, 0.1) is 10.1 Å². The van der Waals surface area contributed by atoms with Crippen molar-refractivity contribution in [2.24, 2.45) is 0 Å². The lowest BCUT2D eigenvalue weighted by Gasteiger charge is -2.08. The lowest BCUT2D eigenvalue weighted by Crippen LogP contribution is -2.04. The van der Waals surface area contributed by atoms with E-state index in [0.717, 1.165) is 21.2 Å². The summed E-state index contributed by atoms with van der Waals surface area (Å²) in [4.78, 5) is 29.3. The topological polar surface area (TPSA) is 159 Å². The molecule has 1 aromatic carbocycles. The molecule has 0 saturated heterocycles. The molecule has 0 radical (unpaired) electrons. The quantitative estimate of drug-likeness (QED) is 0.104. The Balaban J connectivity index is 0.000000168. The summed E-state index contributed by atoms with van der Waals surface area (Å²) in [6.45, 7) is 0.358. The average molecular weight is 660 g/mol. The van der Waals surface area contributed by atoms with Gasteiger partial charge in [-0.15, -0.1) is 22.7 Å². The Morgan fingerprint density at radius 1 is 0.810 bits per heavy atom. The van der Waals surface area contributed by atoms with E-state index in [2.05, 4.69) is 35.6 Å². The van der Waals surface area contributed by atoms with Crippen LogP contribution in [0.15, 0.2) is 70.0 Å². The number of hydrogen-bond donors (Lipinski definition) is 1. The second-order valence-electron chi connectivity index (χ2n) is 8.31. The van der Waals surface area contributed by atoms with Crippen LogP contribution in [0.1, 0.15) is 5.56 Å². The number of nitrogens with zero attached hydrogens (tertiary/aromatic N) is 7. The van der Waals surface area contributed by atoms with Gasteiger partial charge >= 0.3 is 0 Å². The van der Waals surface area contributed by atoms with E-state index >= 15 is 0 Å². The lowest BCUT2D eigenvalue weighted by atomic mass is 10.2. The first kappa shape index (κ1) is 27.9. The van der Waals surface area contributed by atoms with Crippen LogP contribution in [0.5, 0.6) is 0 Å². The Morgan fingerprint density at radius 2 is 1.43 bits per heavy atom. The molecule has 0 atom stereocenters. The third-order valence-electron chi connectivity index (χ3n) is 5.58. The highest BCUT2D eigenvalue weighted by molar-refractivity contribution is 7.22. The van der Waals surface area contributed by atoms with Gasteiger partial charge in [0.1, 0.15) is 20.6 Å². The van der Waals surface area contributed by atoms with Crippen LogP contribution in [0.2, 0.25) is 13.8 Å². The van der Waals surface area contributed by atoms with Crippen molar-refractivity contribution in [1.82, 2.24) is 30.2 Å². The van der Waals surface area contributed by atoms with Gasteiger partial charge in [-0.05, 0) is 17.7 Å². The lowest BCUT2D eigenvalue weighted by molar-refractivity contribution is -0.384. The van der Waals surface area contributed by atoms with E-state index in [4.69, 9.17) is 43.8 Å². The molecule has 12 nitrogen and oxygen atoms in total. The first-order valence-electron chi connectivity index (χ1n) is 11.7. The molecule has 210 valence electrons. The van der Waals surface area contributed by atoms with E-state index in [1.807, 2.05) is 0 Å². The molecule has 0 saturated carbocycles. The van der Waals surface area contributed by atoms with Crippen LogP contribution < -0.4 is 5.32 Å². The average Bonchev–Trinajstić information content (AvgIpc) is 3.79. The Hall–Kier alpha value is -4.21. The highest BCUT2D eigenvalue weighted by Gasteiger charge is 2.15. The van der Waals surface area contributed by atoms with Crippen molar-refractivity contribution in [3.05, 3.63) is 90.4 Å². The number of rotatable bonds is 6. The molecular formula is C25H13Cl3N8O4S2. The minimum absolute atomic E-state index is 0.0399. The largest absolute Gasteiger partial charge is 0.365 e. The van der Waals surface area contributed by atoms with Crippen molar-refractivity contribution in [2.75, 3.05) is 5.32 Å². The van der Waals surface area contributed by atoms with E-state index in [-0.39, 0.29) is 5.69 Å². The summed E-state index contributed by atoms with van der Waals surface area (Å²) in [5, 5.41) is 23.3. The maximum absolute atomic E-state index is 10.9. The molecule has 0 aliphatic rings. The van der Waals surface area contributed by atoms with Gasteiger partial charge in [0.25, 0.3) is 5.69 Å². The van der Waals surface area contributed by atoms with E-state index in [0.29, 0.717) is 54.2 Å². The van der Waals surface area contributed by atoms with Gasteiger partial charge in [0.15, 0.2) is 0 Å². The Kier molecular flexibility index (Phi) is 7.95. The van der Waals surface area contributed by atoms with Crippen molar-refractivity contribution in [2.45, 2.75) is 6.54 Å². The van der Waals surface area contributed by atoms with Gasteiger partial charge in [-0.25, -0.2) is 19.9 Å². The van der Waals surface area contributed by atoms with Crippen molar-refractivity contribution in [1.29, 1.82) is 0 Å². The van der Waals surface area contributed by atoms with Crippen molar-refractivity contribution < 1.29 is 14.0 Å². The van der Waals surface area contributed by atoms with Gasteiger partial charge in [-0.3, -0.25) is 10.1 Å². The molecule has 0 bridgehead atoms. The zero-order valence-electron chi connectivity index (χ0n) is 20.7. The number of thiophene rings is 2. The molecular weight excluding hydrogens is 647 g/mol. The Labute approximate surface area is 258 Å². The monoisotopic (exact) mass is 658 g/mol. The van der Waals surface area contributed by atoms with Gasteiger partial charge in [0.2, 0.25) is 23.2 Å². The Bertz CT molecular complexity index is 2030. The van der Waals surface area contributed by atoms with Gasteiger partial charge in [-0.1, -0.05) is 57.2 Å². The third-order valence-corrected chi connectivity index (χ3v) is 8.18. The van der Waals surface area contributed by atoms with E-state index in [9.17, 15) is 10.1 Å². The Morgan fingerprint density at radius 3 is 2.05 bits per heavy atom. The summed E-state index contributed by atoms with van der Waals surface area (Å²) < 4.78 is 11.3. The summed E-state index contributed by atoms with van der Waals surface area (Å²) in [5.74, 6) is 2.28. The molecule has 7 rings (SSSR count). The number of halogens is 3. The van der Waals surface area contributed by atoms with Crippen LogP contribution in [0.4, 0.5) is 11.5 Å². The number of non-ortho nitro benzene ring substituents is 1. The van der Waals surface area contributed by atoms with Crippen molar-refractivity contribution in [3.63, 3.8) is 0 Å². The number of anilines is 1. The highest BCUT2D eigenvalue weighted by atomic mass is 35.5. The van der Waals surface area contributed by atoms with Crippen LogP contribution in [0.25, 0.3) is 43.6 Å². The summed E-state index contributed by atoms with van der Waals surface area (Å²) in [7, 11) is 0. The molecule has 0 spiro atoms. The molecule has 1 N–H and O–H groups in total. The molecule has 0 amide bonds. The number of aromatic nitrogens is 6. The van der Waals surface area contributed by atoms with Crippen LogP contribution in [0.3, 0.4) is 0 Å². The molecule has 6 aromatic heterocycles. The molecule has 0 fully saturated rings. The summed E-state index contributed by atoms with van der Waals surface area (Å²) >= 11 is 20.7. The number of benzene rings is 1. The molecule has 6 heterocycles. The predicted octanol–water partition coefficient (Wildman–Crippen LogP) is 8.17. The van der Waals surface area contributed by atoms with E-state index in [1.165, 1.54) is 47.2 Å².